The molecule has 3 aromatic rings. The number of hydrogen-bond donors (Lipinski definition) is 1. The van der Waals surface area contributed by atoms with Crippen LogP contribution in [0.5, 0.6) is 5.75 Å². The first-order valence-corrected chi connectivity index (χ1v) is 11.2. The van der Waals surface area contributed by atoms with Crippen molar-refractivity contribution in [1.29, 1.82) is 0 Å². The highest BCUT2D eigenvalue weighted by molar-refractivity contribution is 5.94. The second kappa shape index (κ2) is 8.65. The number of carbonyl (C=O) groups is 1. The molecule has 0 spiro atoms. The van der Waals surface area contributed by atoms with Crippen molar-refractivity contribution < 1.29 is 13.9 Å². The Bertz CT molecular complexity index is 1120. The number of amides is 1. The van der Waals surface area contributed by atoms with Crippen LogP contribution in [-0.4, -0.2) is 41.9 Å². The Hall–Kier alpha value is -3.35. The van der Waals surface area contributed by atoms with E-state index in [2.05, 4.69) is 27.4 Å². The lowest BCUT2D eigenvalue weighted by molar-refractivity contribution is 0.0924. The van der Waals surface area contributed by atoms with Crippen molar-refractivity contribution in [2.24, 2.45) is 0 Å². The molecule has 1 aliphatic heterocycles. The summed E-state index contributed by atoms with van der Waals surface area (Å²) in [5.74, 6) is 0.363. The third-order valence-electron chi connectivity index (χ3n) is 6.49. The van der Waals surface area contributed by atoms with Gasteiger partial charge in [-0.25, -0.2) is 9.07 Å². The molecular weight excluding hydrogens is 407 g/mol. The number of halogens is 1. The lowest BCUT2D eigenvalue weighted by atomic mass is 10.0. The average molecular weight is 435 g/mol. The van der Waals surface area contributed by atoms with Gasteiger partial charge in [-0.05, 0) is 68.5 Å². The van der Waals surface area contributed by atoms with Gasteiger partial charge < -0.3 is 15.0 Å². The van der Waals surface area contributed by atoms with E-state index in [-0.39, 0.29) is 17.8 Å². The number of anilines is 1. The molecular formula is C25H27FN4O2. The smallest absolute Gasteiger partial charge is 0.272 e. The first-order valence-electron chi connectivity index (χ1n) is 11.2. The Morgan fingerprint density at radius 3 is 2.56 bits per heavy atom. The molecule has 166 valence electrons. The number of rotatable bonds is 5. The van der Waals surface area contributed by atoms with Gasteiger partial charge in [0.25, 0.3) is 5.91 Å². The quantitative estimate of drug-likeness (QED) is 0.662. The summed E-state index contributed by atoms with van der Waals surface area (Å²) < 4.78 is 21.2. The standard InChI is InChI=1S/C25H27FN4O2/c1-32-19-11-9-18(10-12-19)29-15-13-17(14-16-29)27-25(31)24-20-5-4-8-22(20)30(28-24)23-7-3-2-6-21(23)26/h2-3,6-7,9-12,17H,4-5,8,13-16H2,1H3,(H,27,31). The van der Waals surface area contributed by atoms with Crippen molar-refractivity contribution >= 4 is 11.6 Å². The molecule has 1 aromatic heterocycles. The van der Waals surface area contributed by atoms with Crippen LogP contribution in [0.4, 0.5) is 10.1 Å². The largest absolute Gasteiger partial charge is 0.497 e. The fourth-order valence-corrected chi connectivity index (χ4v) is 4.77. The van der Waals surface area contributed by atoms with Crippen molar-refractivity contribution in [2.75, 3.05) is 25.1 Å². The lowest BCUT2D eigenvalue weighted by Crippen LogP contribution is -2.45. The fourth-order valence-electron chi connectivity index (χ4n) is 4.77. The summed E-state index contributed by atoms with van der Waals surface area (Å²) >= 11 is 0. The molecule has 2 heterocycles. The predicted octanol–water partition coefficient (Wildman–Crippen LogP) is 3.91. The van der Waals surface area contributed by atoms with E-state index in [1.54, 1.807) is 30.0 Å². The van der Waals surface area contributed by atoms with E-state index in [0.29, 0.717) is 11.4 Å². The molecule has 5 rings (SSSR count). The third kappa shape index (κ3) is 3.83. The van der Waals surface area contributed by atoms with Gasteiger partial charge in [0, 0.05) is 36.1 Å². The molecule has 2 aromatic carbocycles. The van der Waals surface area contributed by atoms with E-state index in [4.69, 9.17) is 4.74 Å². The van der Waals surface area contributed by atoms with Gasteiger partial charge in [-0.1, -0.05) is 12.1 Å². The monoisotopic (exact) mass is 434 g/mol. The number of piperidine rings is 1. The average Bonchev–Trinajstić information content (AvgIpc) is 3.43. The number of para-hydroxylation sites is 1. The third-order valence-corrected chi connectivity index (χ3v) is 6.49. The number of ether oxygens (including phenoxy) is 1. The molecule has 32 heavy (non-hydrogen) atoms. The van der Waals surface area contributed by atoms with Crippen molar-refractivity contribution in [3.63, 3.8) is 0 Å². The SMILES string of the molecule is COc1ccc(N2CCC(NC(=O)c3nn(-c4ccccc4F)c4c3CCC4)CC2)cc1. The molecule has 0 atom stereocenters. The summed E-state index contributed by atoms with van der Waals surface area (Å²) in [4.78, 5) is 15.4. The molecule has 1 fully saturated rings. The number of nitrogens with one attached hydrogen (secondary N) is 1. The van der Waals surface area contributed by atoms with Crippen LogP contribution in [-0.2, 0) is 12.8 Å². The predicted molar refractivity (Wildman–Crippen MR) is 121 cm³/mol. The van der Waals surface area contributed by atoms with Crippen LogP contribution in [0.25, 0.3) is 5.69 Å². The van der Waals surface area contributed by atoms with Gasteiger partial charge in [-0.15, -0.1) is 0 Å². The highest BCUT2D eigenvalue weighted by atomic mass is 19.1. The maximum absolute atomic E-state index is 14.4. The number of aromatic nitrogens is 2. The Morgan fingerprint density at radius 2 is 1.84 bits per heavy atom. The summed E-state index contributed by atoms with van der Waals surface area (Å²) in [6.07, 6.45) is 4.32. The molecule has 2 aliphatic rings. The minimum absolute atomic E-state index is 0.104. The van der Waals surface area contributed by atoms with Gasteiger partial charge in [0.15, 0.2) is 5.69 Å². The van der Waals surface area contributed by atoms with E-state index in [9.17, 15) is 9.18 Å². The minimum Gasteiger partial charge on any atom is -0.497 e. The number of methoxy groups -OCH3 is 1. The van der Waals surface area contributed by atoms with Gasteiger partial charge in [-0.3, -0.25) is 4.79 Å². The van der Waals surface area contributed by atoms with Gasteiger partial charge in [0.2, 0.25) is 0 Å². The Balaban J connectivity index is 1.27. The highest BCUT2D eigenvalue weighted by Crippen LogP contribution is 2.29. The number of hydrogen-bond acceptors (Lipinski definition) is 4. The zero-order valence-corrected chi connectivity index (χ0v) is 18.2. The Kier molecular flexibility index (Phi) is 5.55. The maximum Gasteiger partial charge on any atom is 0.272 e. The summed E-state index contributed by atoms with van der Waals surface area (Å²) in [7, 11) is 1.66. The van der Waals surface area contributed by atoms with E-state index in [0.717, 1.165) is 67.9 Å². The zero-order chi connectivity index (χ0) is 22.1. The number of carbonyl (C=O) groups excluding carboxylic acids is 1. The van der Waals surface area contributed by atoms with Crippen molar-refractivity contribution in [2.45, 2.75) is 38.1 Å². The van der Waals surface area contributed by atoms with Crippen molar-refractivity contribution in [3.8, 4) is 11.4 Å². The maximum atomic E-state index is 14.4. The number of fused-ring (bicyclic) bond motifs is 1. The molecule has 1 amide bonds. The molecule has 0 unspecified atom stereocenters. The summed E-state index contributed by atoms with van der Waals surface area (Å²) in [5.41, 5.74) is 3.92. The molecule has 0 saturated carbocycles. The Morgan fingerprint density at radius 1 is 1.09 bits per heavy atom. The van der Waals surface area contributed by atoms with Gasteiger partial charge >= 0.3 is 0 Å². The lowest BCUT2D eigenvalue weighted by Gasteiger charge is -2.34. The second-order valence-electron chi connectivity index (χ2n) is 8.42. The van der Waals surface area contributed by atoms with Gasteiger partial charge in [-0.2, -0.15) is 5.10 Å². The molecule has 1 N–H and O–H groups in total. The first kappa shape index (κ1) is 20.5. The molecule has 6 nitrogen and oxygen atoms in total. The van der Waals surface area contributed by atoms with Crippen LogP contribution in [0.3, 0.4) is 0 Å². The van der Waals surface area contributed by atoms with Crippen molar-refractivity contribution in [1.82, 2.24) is 15.1 Å². The number of benzene rings is 2. The van der Waals surface area contributed by atoms with Crippen LogP contribution in [0.15, 0.2) is 48.5 Å². The number of nitrogens with zero attached hydrogens (tertiary/aromatic N) is 3. The minimum atomic E-state index is -0.331. The highest BCUT2D eigenvalue weighted by Gasteiger charge is 2.29. The van der Waals surface area contributed by atoms with Crippen LogP contribution in [0, 0.1) is 5.82 Å². The van der Waals surface area contributed by atoms with Crippen LogP contribution in [0.2, 0.25) is 0 Å². The topological polar surface area (TPSA) is 59.4 Å². The Labute approximate surface area is 187 Å². The van der Waals surface area contributed by atoms with Crippen molar-refractivity contribution in [3.05, 3.63) is 71.3 Å². The van der Waals surface area contributed by atoms with E-state index in [1.165, 1.54) is 6.07 Å². The summed E-state index contributed by atoms with van der Waals surface area (Å²) in [5, 5.41) is 7.73. The second-order valence-corrected chi connectivity index (χ2v) is 8.42. The van der Waals surface area contributed by atoms with E-state index < -0.39 is 0 Å². The van der Waals surface area contributed by atoms with Crippen LogP contribution in [0.1, 0.15) is 41.0 Å². The van der Waals surface area contributed by atoms with E-state index >= 15 is 0 Å². The zero-order valence-electron chi connectivity index (χ0n) is 18.2. The van der Waals surface area contributed by atoms with Gasteiger partial charge in [0.1, 0.15) is 17.3 Å². The first-order chi connectivity index (χ1) is 15.6. The normalized spacial score (nSPS) is 16.1. The molecule has 1 saturated heterocycles. The fraction of sp³-hybridized carbons (Fsp3) is 0.360. The van der Waals surface area contributed by atoms with E-state index in [1.807, 2.05) is 12.1 Å². The van der Waals surface area contributed by atoms with Gasteiger partial charge in [0.05, 0.1) is 7.11 Å². The molecule has 0 bridgehead atoms. The molecule has 7 heteroatoms. The van der Waals surface area contributed by atoms with Crippen LogP contribution < -0.4 is 15.0 Å². The molecule has 1 aliphatic carbocycles. The summed E-state index contributed by atoms with van der Waals surface area (Å²) in [6, 6.07) is 14.8. The summed E-state index contributed by atoms with van der Waals surface area (Å²) in [6.45, 7) is 1.75. The van der Waals surface area contributed by atoms with Crippen LogP contribution >= 0.6 is 0 Å². The molecule has 0 radical (unpaired) electrons.